The standard InChI is InChI=1S/C34H40N10O2S/c1-18(23-8-6-14-42(23)3)44-33-22(16-37-44)32(43-17-19-10-11-24(45)27(19)40-43)38-31(39-33)28-20-7-4-12-34(29(20)46-41-28)13-5-9-25-26(34)21(15-36-2)30(35)47-25/h15-18,23-24,45H,4-14,35H2,1-3H3/t18-,23-,24-,34-/m0/s1. The SMILES string of the molecule is CN=Cc1c(N)sc2c1[C@@]1(CCC2)CCCc2c(-c3nc(-n4cc5c(n4)[C@@H](O)CC5)c4cnn([C@@H](C)[C@@H]5CCCN5C)c4n3)noc21. The van der Waals surface area contributed by atoms with Crippen molar-refractivity contribution in [3.8, 4) is 17.3 Å². The first-order chi connectivity index (χ1) is 22.9. The summed E-state index contributed by atoms with van der Waals surface area (Å²) in [5.74, 6) is 2.07. The lowest BCUT2D eigenvalue weighted by molar-refractivity contribution is 0.174. The van der Waals surface area contributed by atoms with Gasteiger partial charge in [-0.2, -0.15) is 10.2 Å². The molecule has 0 unspecified atom stereocenters. The number of fused-ring (bicyclic) bond motifs is 6. The van der Waals surface area contributed by atoms with Gasteiger partial charge in [0, 0.05) is 41.5 Å². The highest BCUT2D eigenvalue weighted by Crippen LogP contribution is 2.55. The van der Waals surface area contributed by atoms with Crippen molar-refractivity contribution in [1.29, 1.82) is 0 Å². The zero-order valence-corrected chi connectivity index (χ0v) is 27.9. The number of nitrogens with zero attached hydrogens (tertiary/aromatic N) is 9. The van der Waals surface area contributed by atoms with Gasteiger partial charge in [-0.25, -0.2) is 19.3 Å². The maximum absolute atomic E-state index is 10.6. The number of aliphatic hydroxyl groups is 1. The van der Waals surface area contributed by atoms with Gasteiger partial charge in [-0.3, -0.25) is 4.99 Å². The van der Waals surface area contributed by atoms with E-state index in [0.717, 1.165) is 102 Å². The largest absolute Gasteiger partial charge is 0.390 e. The molecule has 13 heteroatoms. The summed E-state index contributed by atoms with van der Waals surface area (Å²) >= 11 is 1.69. The molecular formula is C34H40N10O2S. The molecule has 0 bridgehead atoms. The van der Waals surface area contributed by atoms with E-state index < -0.39 is 6.10 Å². The second kappa shape index (κ2) is 10.8. The number of aromatic nitrogens is 7. The third-order valence-corrected chi connectivity index (χ3v) is 12.3. The Balaban J connectivity index is 1.23. The van der Waals surface area contributed by atoms with Crippen LogP contribution in [0.2, 0.25) is 0 Å². The Morgan fingerprint density at radius 1 is 1.17 bits per heavy atom. The van der Waals surface area contributed by atoms with Crippen molar-refractivity contribution >= 4 is 33.6 Å². The molecule has 4 atom stereocenters. The van der Waals surface area contributed by atoms with Crippen molar-refractivity contribution < 1.29 is 9.63 Å². The summed E-state index contributed by atoms with van der Waals surface area (Å²) in [6.45, 7) is 3.31. The van der Waals surface area contributed by atoms with Gasteiger partial charge in [0.15, 0.2) is 28.7 Å². The van der Waals surface area contributed by atoms with Crippen molar-refractivity contribution in [3.63, 3.8) is 0 Å². The van der Waals surface area contributed by atoms with Crippen LogP contribution in [-0.2, 0) is 24.7 Å². The molecule has 9 rings (SSSR count). The number of likely N-dealkylation sites (N-methyl/N-ethyl adjacent to an activating group) is 1. The van der Waals surface area contributed by atoms with Crippen LogP contribution >= 0.6 is 11.3 Å². The maximum atomic E-state index is 10.6. The summed E-state index contributed by atoms with van der Waals surface area (Å²) in [7, 11) is 3.99. The number of rotatable bonds is 5. The van der Waals surface area contributed by atoms with Crippen LogP contribution in [0.4, 0.5) is 5.00 Å². The number of thiophene rings is 1. The molecule has 1 fully saturated rings. The molecule has 47 heavy (non-hydrogen) atoms. The van der Waals surface area contributed by atoms with E-state index in [-0.39, 0.29) is 11.5 Å². The second-order valence-corrected chi connectivity index (χ2v) is 15.0. The summed E-state index contributed by atoms with van der Waals surface area (Å²) in [5.41, 5.74) is 12.9. The summed E-state index contributed by atoms with van der Waals surface area (Å²) in [5, 5.41) is 26.7. The normalized spacial score (nSPS) is 24.9. The lowest BCUT2D eigenvalue weighted by Crippen LogP contribution is -2.35. The van der Waals surface area contributed by atoms with Crippen LogP contribution in [0.15, 0.2) is 21.9 Å². The minimum absolute atomic E-state index is 0.109. The molecule has 5 aromatic heterocycles. The van der Waals surface area contributed by atoms with Gasteiger partial charge in [0.25, 0.3) is 0 Å². The average molecular weight is 653 g/mol. The van der Waals surface area contributed by atoms with Gasteiger partial charge in [-0.05, 0) is 95.9 Å². The number of aryl methyl sites for hydroxylation is 2. The molecule has 6 heterocycles. The van der Waals surface area contributed by atoms with E-state index in [0.29, 0.717) is 29.8 Å². The Labute approximate surface area is 276 Å². The summed E-state index contributed by atoms with van der Waals surface area (Å²) in [6.07, 6.45) is 14.9. The number of nitrogens with two attached hydrogens (primary N) is 1. The lowest BCUT2D eigenvalue weighted by Gasteiger charge is -2.39. The maximum Gasteiger partial charge on any atom is 0.186 e. The minimum Gasteiger partial charge on any atom is -0.390 e. The van der Waals surface area contributed by atoms with E-state index in [2.05, 4.69) is 28.5 Å². The Morgan fingerprint density at radius 3 is 2.81 bits per heavy atom. The van der Waals surface area contributed by atoms with Crippen LogP contribution in [0.25, 0.3) is 28.4 Å². The smallest absolute Gasteiger partial charge is 0.186 e. The van der Waals surface area contributed by atoms with Crippen LogP contribution in [0, 0.1) is 0 Å². The third kappa shape index (κ3) is 4.25. The molecule has 4 aliphatic rings. The number of hydrogen-bond acceptors (Lipinski definition) is 11. The molecule has 3 N–H and O–H groups in total. The Morgan fingerprint density at radius 2 is 2.02 bits per heavy atom. The van der Waals surface area contributed by atoms with Gasteiger partial charge in [-0.1, -0.05) is 5.16 Å². The van der Waals surface area contributed by atoms with Gasteiger partial charge in [0.1, 0.15) is 0 Å². The number of hydrogen-bond donors (Lipinski definition) is 2. The van der Waals surface area contributed by atoms with E-state index in [1.165, 1.54) is 16.9 Å². The molecule has 12 nitrogen and oxygen atoms in total. The van der Waals surface area contributed by atoms with Gasteiger partial charge < -0.3 is 20.3 Å². The molecule has 1 saturated heterocycles. The highest BCUT2D eigenvalue weighted by atomic mass is 32.1. The first-order valence-electron chi connectivity index (χ1n) is 16.9. The number of nitrogen functional groups attached to an aromatic ring is 1. The van der Waals surface area contributed by atoms with Crippen molar-refractivity contribution in [1.82, 2.24) is 39.6 Å². The highest BCUT2D eigenvalue weighted by molar-refractivity contribution is 7.16. The number of likely N-dealkylation sites (tertiary alicyclic amines) is 1. The summed E-state index contributed by atoms with van der Waals surface area (Å²) in [4.78, 5) is 18.5. The Kier molecular flexibility index (Phi) is 6.71. The molecule has 244 valence electrons. The van der Waals surface area contributed by atoms with Crippen LogP contribution < -0.4 is 5.73 Å². The monoisotopic (exact) mass is 652 g/mol. The molecule has 1 spiro atoms. The van der Waals surface area contributed by atoms with Crippen LogP contribution in [-0.4, -0.2) is 77.6 Å². The summed E-state index contributed by atoms with van der Waals surface area (Å²) < 4.78 is 10.3. The quantitative estimate of drug-likeness (QED) is 0.252. The zero-order valence-electron chi connectivity index (χ0n) is 27.1. The first kappa shape index (κ1) is 29.2. The van der Waals surface area contributed by atoms with Gasteiger partial charge >= 0.3 is 0 Å². The predicted octanol–water partition coefficient (Wildman–Crippen LogP) is 4.95. The van der Waals surface area contributed by atoms with Crippen LogP contribution in [0.1, 0.15) is 103 Å². The molecule has 0 saturated carbocycles. The van der Waals surface area contributed by atoms with Crippen LogP contribution in [0.3, 0.4) is 0 Å². The molecule has 0 amide bonds. The van der Waals surface area contributed by atoms with E-state index >= 15 is 0 Å². The number of aliphatic imine (C=N–C) groups is 1. The van der Waals surface area contributed by atoms with Crippen molar-refractivity contribution in [2.45, 2.75) is 94.7 Å². The molecule has 3 aliphatic carbocycles. The number of anilines is 1. The number of aliphatic hydroxyl groups excluding tert-OH is 1. The highest BCUT2D eigenvalue weighted by Gasteiger charge is 2.48. The van der Waals surface area contributed by atoms with Crippen molar-refractivity contribution in [3.05, 3.63) is 51.0 Å². The van der Waals surface area contributed by atoms with E-state index in [4.69, 9.17) is 35.6 Å². The van der Waals surface area contributed by atoms with E-state index in [1.54, 1.807) is 23.1 Å². The Hall–Kier alpha value is -3.94. The van der Waals surface area contributed by atoms with Gasteiger partial charge in [0.2, 0.25) is 0 Å². The van der Waals surface area contributed by atoms with Crippen LogP contribution in [0.5, 0.6) is 0 Å². The fourth-order valence-electron chi connectivity index (χ4n) is 9.03. The molecular weight excluding hydrogens is 613 g/mol. The fourth-order valence-corrected chi connectivity index (χ4v) is 10.2. The average Bonchev–Trinajstić information content (AvgIpc) is 3.91. The molecule has 0 aromatic carbocycles. The lowest BCUT2D eigenvalue weighted by atomic mass is 9.63. The van der Waals surface area contributed by atoms with E-state index in [9.17, 15) is 5.11 Å². The minimum atomic E-state index is -0.559. The molecule has 0 radical (unpaired) electrons. The third-order valence-electron chi connectivity index (χ3n) is 11.3. The fraction of sp³-hybridized carbons (Fsp3) is 0.529. The first-order valence-corrected chi connectivity index (χ1v) is 17.7. The topological polar surface area (TPSA) is 149 Å². The van der Waals surface area contributed by atoms with E-state index in [1.807, 2.05) is 18.6 Å². The Bertz CT molecular complexity index is 2050. The van der Waals surface area contributed by atoms with Crippen molar-refractivity contribution in [2.24, 2.45) is 4.99 Å². The van der Waals surface area contributed by atoms with Gasteiger partial charge in [0.05, 0.1) is 39.8 Å². The summed E-state index contributed by atoms with van der Waals surface area (Å²) in [6, 6.07) is 0.473. The van der Waals surface area contributed by atoms with Crippen molar-refractivity contribution in [2.75, 3.05) is 26.4 Å². The zero-order chi connectivity index (χ0) is 32.0. The molecule has 1 aliphatic heterocycles. The molecule has 5 aromatic rings. The second-order valence-electron chi connectivity index (χ2n) is 13.9. The van der Waals surface area contributed by atoms with Gasteiger partial charge in [-0.15, -0.1) is 11.3 Å². The predicted molar refractivity (Wildman–Crippen MR) is 180 cm³/mol.